The summed E-state index contributed by atoms with van der Waals surface area (Å²) in [6.45, 7) is 4.26. The van der Waals surface area contributed by atoms with Crippen molar-refractivity contribution < 1.29 is 14.0 Å². The number of hydrogen-bond donors (Lipinski definition) is 1. The summed E-state index contributed by atoms with van der Waals surface area (Å²) in [5.74, 6) is 0.705. The van der Waals surface area contributed by atoms with Crippen molar-refractivity contribution in [2.24, 2.45) is 0 Å². The molecule has 2 aromatic heterocycles. The lowest BCUT2D eigenvalue weighted by atomic mass is 9.94. The van der Waals surface area contributed by atoms with E-state index in [2.05, 4.69) is 10.4 Å². The van der Waals surface area contributed by atoms with Crippen LogP contribution in [0.1, 0.15) is 52.0 Å². The third-order valence-electron chi connectivity index (χ3n) is 3.91. The number of nitrogens with one attached hydrogen (secondary N) is 1. The van der Waals surface area contributed by atoms with E-state index in [0.717, 1.165) is 12.8 Å². The number of carbonyl (C=O) groups is 2. The van der Waals surface area contributed by atoms with Gasteiger partial charge in [-0.25, -0.2) is 0 Å². The smallest absolute Gasteiger partial charge is 0.287 e. The second kappa shape index (κ2) is 5.79. The van der Waals surface area contributed by atoms with E-state index in [4.69, 9.17) is 4.42 Å². The lowest BCUT2D eigenvalue weighted by molar-refractivity contribution is 0.0902. The van der Waals surface area contributed by atoms with Crippen molar-refractivity contribution in [2.75, 3.05) is 0 Å². The average molecular weight is 301 g/mol. The summed E-state index contributed by atoms with van der Waals surface area (Å²) in [5.41, 5.74) is 1.26. The molecule has 0 unspecified atom stereocenters. The molecule has 116 valence electrons. The van der Waals surface area contributed by atoms with Crippen molar-refractivity contribution in [3.05, 3.63) is 41.1 Å². The minimum Gasteiger partial charge on any atom is -0.455 e. The summed E-state index contributed by atoms with van der Waals surface area (Å²) in [5, 5.41) is 7.01. The summed E-state index contributed by atoms with van der Waals surface area (Å²) < 4.78 is 7.41. The van der Waals surface area contributed by atoms with Gasteiger partial charge in [-0.1, -0.05) is 0 Å². The van der Waals surface area contributed by atoms with E-state index >= 15 is 0 Å². The van der Waals surface area contributed by atoms with Gasteiger partial charge in [-0.2, -0.15) is 5.10 Å². The first-order chi connectivity index (χ1) is 10.6. The van der Waals surface area contributed by atoms with Crippen LogP contribution < -0.4 is 5.32 Å². The summed E-state index contributed by atoms with van der Waals surface area (Å²) in [4.78, 5) is 24.4. The number of furan rings is 1. The lowest BCUT2D eigenvalue weighted by Crippen LogP contribution is -2.35. The zero-order valence-electron chi connectivity index (χ0n) is 12.8. The predicted molar refractivity (Wildman–Crippen MR) is 79.9 cm³/mol. The summed E-state index contributed by atoms with van der Waals surface area (Å²) in [7, 11) is 0. The van der Waals surface area contributed by atoms with Gasteiger partial charge in [0.2, 0.25) is 0 Å². The molecule has 6 nitrogen and oxygen atoms in total. The Morgan fingerprint density at radius 3 is 3.00 bits per heavy atom. The molecular weight excluding hydrogens is 282 g/mol. The Labute approximate surface area is 128 Å². The number of ketones is 1. The van der Waals surface area contributed by atoms with Crippen LogP contribution >= 0.6 is 0 Å². The van der Waals surface area contributed by atoms with Gasteiger partial charge in [-0.15, -0.1) is 0 Å². The highest BCUT2D eigenvalue weighted by molar-refractivity contribution is 6.03. The molecule has 0 fully saturated rings. The van der Waals surface area contributed by atoms with Gasteiger partial charge < -0.3 is 9.73 Å². The largest absolute Gasteiger partial charge is 0.455 e. The van der Waals surface area contributed by atoms with E-state index in [-0.39, 0.29) is 23.5 Å². The number of aryl methyl sites for hydroxylation is 1. The molecule has 0 aromatic carbocycles. The first-order valence-electron chi connectivity index (χ1n) is 7.50. The molecule has 1 aliphatic carbocycles. The lowest BCUT2D eigenvalue weighted by Gasteiger charge is -2.13. The second-order valence-electron chi connectivity index (χ2n) is 5.73. The van der Waals surface area contributed by atoms with Crippen molar-refractivity contribution in [1.29, 1.82) is 0 Å². The average Bonchev–Trinajstić information content (AvgIpc) is 3.07. The Bertz CT molecular complexity index is 701. The third-order valence-corrected chi connectivity index (χ3v) is 3.91. The maximum atomic E-state index is 12.4. The molecule has 2 aromatic rings. The Kier molecular flexibility index (Phi) is 3.83. The topological polar surface area (TPSA) is 77.1 Å². The molecule has 0 aliphatic heterocycles. The molecule has 0 spiro atoms. The van der Waals surface area contributed by atoms with Crippen molar-refractivity contribution in [2.45, 2.75) is 45.7 Å². The highest BCUT2D eigenvalue weighted by Crippen LogP contribution is 2.29. The van der Waals surface area contributed by atoms with Gasteiger partial charge in [-0.05, 0) is 26.3 Å². The summed E-state index contributed by atoms with van der Waals surface area (Å²) in [6.07, 6.45) is 5.58. The third kappa shape index (κ3) is 2.68. The number of carbonyl (C=O) groups excluding carboxylic acids is 2. The second-order valence-corrected chi connectivity index (χ2v) is 5.73. The molecular formula is C16H19N3O3. The van der Waals surface area contributed by atoms with Gasteiger partial charge >= 0.3 is 0 Å². The monoisotopic (exact) mass is 301 g/mol. The van der Waals surface area contributed by atoms with Crippen LogP contribution in [0.25, 0.3) is 0 Å². The minimum absolute atomic E-state index is 0.0751. The van der Waals surface area contributed by atoms with Gasteiger partial charge in [-0.3, -0.25) is 14.3 Å². The van der Waals surface area contributed by atoms with Gasteiger partial charge in [0.1, 0.15) is 5.76 Å². The van der Waals surface area contributed by atoms with Crippen LogP contribution in [0, 0.1) is 6.92 Å². The van der Waals surface area contributed by atoms with Crippen LogP contribution in [-0.4, -0.2) is 27.5 Å². The molecule has 0 saturated carbocycles. The summed E-state index contributed by atoms with van der Waals surface area (Å²) >= 11 is 0. The molecule has 0 bridgehead atoms. The van der Waals surface area contributed by atoms with Gasteiger partial charge in [0.05, 0.1) is 12.1 Å². The number of fused-ring (bicyclic) bond motifs is 1. The Balaban J connectivity index is 1.74. The molecule has 1 aliphatic rings. The number of hydrogen-bond acceptors (Lipinski definition) is 4. The van der Waals surface area contributed by atoms with Crippen molar-refractivity contribution in [1.82, 2.24) is 15.1 Å². The normalized spacial score (nSPS) is 15.5. The fourth-order valence-corrected chi connectivity index (χ4v) is 2.89. The molecule has 0 saturated heterocycles. The van der Waals surface area contributed by atoms with E-state index in [1.165, 1.54) is 0 Å². The Hall–Kier alpha value is -2.37. The van der Waals surface area contributed by atoms with Gasteiger partial charge in [0.15, 0.2) is 11.5 Å². The van der Waals surface area contributed by atoms with E-state index in [1.807, 2.05) is 19.2 Å². The van der Waals surface area contributed by atoms with Crippen LogP contribution in [0.4, 0.5) is 0 Å². The number of aromatic nitrogens is 2. The zero-order valence-corrected chi connectivity index (χ0v) is 12.8. The molecule has 0 radical (unpaired) electrons. The predicted octanol–water partition coefficient (Wildman–Crippen LogP) is 2.12. The van der Waals surface area contributed by atoms with Crippen molar-refractivity contribution >= 4 is 11.7 Å². The fourth-order valence-electron chi connectivity index (χ4n) is 2.89. The maximum Gasteiger partial charge on any atom is 0.287 e. The molecule has 1 amide bonds. The van der Waals surface area contributed by atoms with Crippen LogP contribution in [0.5, 0.6) is 0 Å². The summed E-state index contributed by atoms with van der Waals surface area (Å²) in [6, 6.07) is 1.75. The molecule has 1 N–H and O–H groups in total. The van der Waals surface area contributed by atoms with Crippen LogP contribution in [-0.2, 0) is 13.0 Å². The molecule has 3 rings (SSSR count). The maximum absolute atomic E-state index is 12.4. The van der Waals surface area contributed by atoms with Crippen LogP contribution in [0.15, 0.2) is 22.9 Å². The number of nitrogens with zero attached hydrogens (tertiary/aromatic N) is 2. The van der Waals surface area contributed by atoms with E-state index in [1.54, 1.807) is 17.8 Å². The molecule has 2 heterocycles. The SMILES string of the molecule is Cc1c(C(=O)N[C@@H](C)Cn2cccn2)oc2c1C(=O)CCC2. The number of amides is 1. The Morgan fingerprint density at radius 1 is 1.50 bits per heavy atom. The Morgan fingerprint density at radius 2 is 2.32 bits per heavy atom. The first kappa shape index (κ1) is 14.6. The van der Waals surface area contributed by atoms with Crippen LogP contribution in [0.3, 0.4) is 0 Å². The quantitative estimate of drug-likeness (QED) is 0.938. The number of rotatable bonds is 4. The standard InChI is InChI=1S/C16H19N3O3/c1-10(9-19-8-4-7-17-19)18-16(21)15-11(2)14-12(20)5-3-6-13(14)22-15/h4,7-8,10H,3,5-6,9H2,1-2H3,(H,18,21)/t10-/m0/s1. The van der Waals surface area contributed by atoms with Gasteiger partial charge in [0.25, 0.3) is 5.91 Å². The highest BCUT2D eigenvalue weighted by Gasteiger charge is 2.29. The minimum atomic E-state index is -0.278. The van der Waals surface area contributed by atoms with E-state index in [9.17, 15) is 9.59 Å². The van der Waals surface area contributed by atoms with Crippen molar-refractivity contribution in [3.8, 4) is 0 Å². The van der Waals surface area contributed by atoms with Gasteiger partial charge in [0, 0.05) is 36.8 Å². The fraction of sp³-hybridized carbons (Fsp3) is 0.438. The zero-order chi connectivity index (χ0) is 15.7. The van der Waals surface area contributed by atoms with Crippen LogP contribution in [0.2, 0.25) is 0 Å². The van der Waals surface area contributed by atoms with E-state index < -0.39 is 0 Å². The molecule has 6 heteroatoms. The molecule has 22 heavy (non-hydrogen) atoms. The van der Waals surface area contributed by atoms with Crippen molar-refractivity contribution in [3.63, 3.8) is 0 Å². The molecule has 1 atom stereocenters. The van der Waals surface area contributed by atoms with E-state index in [0.29, 0.717) is 29.9 Å². The highest BCUT2D eigenvalue weighted by atomic mass is 16.4. The first-order valence-corrected chi connectivity index (χ1v) is 7.50. The number of Topliss-reactive ketones (excluding diaryl/α,β-unsaturated/α-hetero) is 1.